The molecule has 0 bridgehead atoms. The number of hydrogen-bond donors (Lipinski definition) is 1. The third kappa shape index (κ3) is 2.57. The first-order valence-electron chi connectivity index (χ1n) is 6.18. The molecule has 0 saturated heterocycles. The van der Waals surface area contributed by atoms with Gasteiger partial charge >= 0.3 is 5.97 Å². The van der Waals surface area contributed by atoms with Crippen molar-refractivity contribution in [3.63, 3.8) is 0 Å². The van der Waals surface area contributed by atoms with E-state index in [0.29, 0.717) is 0 Å². The molecule has 0 spiro atoms. The summed E-state index contributed by atoms with van der Waals surface area (Å²) in [5, 5.41) is 9.09. The van der Waals surface area contributed by atoms with Crippen LogP contribution in [0.5, 0.6) is 5.75 Å². The van der Waals surface area contributed by atoms with Crippen LogP contribution >= 0.6 is 0 Å². The Labute approximate surface area is 110 Å². The summed E-state index contributed by atoms with van der Waals surface area (Å²) < 4.78 is 5.83. The fourth-order valence-corrected chi connectivity index (χ4v) is 1.89. The maximum atomic E-state index is 11.1. The van der Waals surface area contributed by atoms with Gasteiger partial charge in [0.25, 0.3) is 0 Å². The number of benzene rings is 1. The van der Waals surface area contributed by atoms with Crippen LogP contribution in [0.25, 0.3) is 11.1 Å². The molecule has 19 heavy (non-hydrogen) atoms. The number of pyridine rings is 1. The average molecular weight is 255 g/mol. The van der Waals surface area contributed by atoms with E-state index in [0.717, 1.165) is 29.7 Å². The Morgan fingerprint density at radius 3 is 2.58 bits per heavy atom. The molecule has 4 nitrogen and oxygen atoms in total. The van der Waals surface area contributed by atoms with Crippen molar-refractivity contribution >= 4 is 5.97 Å². The van der Waals surface area contributed by atoms with Crippen molar-refractivity contribution in [1.29, 1.82) is 0 Å². The molecule has 4 heteroatoms. The maximum Gasteiger partial charge on any atom is 0.335 e. The minimum Gasteiger partial charge on any atom is -0.490 e. The van der Waals surface area contributed by atoms with Crippen molar-refractivity contribution < 1.29 is 14.6 Å². The summed E-state index contributed by atoms with van der Waals surface area (Å²) in [4.78, 5) is 15.1. The minimum absolute atomic E-state index is 0.259. The van der Waals surface area contributed by atoms with Crippen LogP contribution in [0.15, 0.2) is 42.7 Å². The van der Waals surface area contributed by atoms with E-state index in [1.54, 1.807) is 30.6 Å². The van der Waals surface area contributed by atoms with Gasteiger partial charge in [0, 0.05) is 18.0 Å². The zero-order chi connectivity index (χ0) is 13.2. The second kappa shape index (κ2) is 4.72. The predicted octanol–water partition coefficient (Wildman–Crippen LogP) is 2.99. The highest BCUT2D eigenvalue weighted by atomic mass is 16.5. The van der Waals surface area contributed by atoms with Gasteiger partial charge in [-0.25, -0.2) is 4.79 Å². The van der Waals surface area contributed by atoms with E-state index in [4.69, 9.17) is 9.84 Å². The van der Waals surface area contributed by atoms with Gasteiger partial charge < -0.3 is 9.84 Å². The van der Waals surface area contributed by atoms with E-state index in [9.17, 15) is 4.79 Å². The Kier molecular flexibility index (Phi) is 2.91. The van der Waals surface area contributed by atoms with Gasteiger partial charge in [-0.3, -0.25) is 4.98 Å². The van der Waals surface area contributed by atoms with Gasteiger partial charge in [-0.15, -0.1) is 0 Å². The molecule has 0 atom stereocenters. The smallest absolute Gasteiger partial charge is 0.335 e. The van der Waals surface area contributed by atoms with E-state index in [1.165, 1.54) is 0 Å². The fraction of sp³-hybridized carbons (Fsp3) is 0.200. The summed E-state index contributed by atoms with van der Waals surface area (Å²) in [6.45, 7) is 0. The van der Waals surface area contributed by atoms with Crippen LogP contribution in [0.3, 0.4) is 0 Å². The lowest BCUT2D eigenvalue weighted by Crippen LogP contribution is -2.01. The molecule has 1 N–H and O–H groups in total. The van der Waals surface area contributed by atoms with Gasteiger partial charge in [0.15, 0.2) is 0 Å². The number of aromatic carboxylic acids is 1. The van der Waals surface area contributed by atoms with Gasteiger partial charge in [0.1, 0.15) is 5.75 Å². The van der Waals surface area contributed by atoms with Gasteiger partial charge in [-0.2, -0.15) is 0 Å². The van der Waals surface area contributed by atoms with Crippen molar-refractivity contribution in [1.82, 2.24) is 4.98 Å². The number of aromatic nitrogens is 1. The number of carboxylic acids is 1. The molecule has 1 aliphatic rings. The topological polar surface area (TPSA) is 59.4 Å². The summed E-state index contributed by atoms with van der Waals surface area (Å²) in [5.41, 5.74) is 1.97. The Hall–Kier alpha value is -2.36. The highest BCUT2D eigenvalue weighted by molar-refractivity contribution is 5.90. The summed E-state index contributed by atoms with van der Waals surface area (Å²) in [5.74, 6) is -0.202. The lowest BCUT2D eigenvalue weighted by molar-refractivity contribution is 0.0697. The van der Waals surface area contributed by atoms with Gasteiger partial charge in [-0.05, 0) is 48.7 Å². The number of carbonyl (C=O) groups is 1. The van der Waals surface area contributed by atoms with E-state index in [-0.39, 0.29) is 11.7 Å². The number of rotatable bonds is 4. The molecule has 0 amide bonds. The van der Waals surface area contributed by atoms with Crippen molar-refractivity contribution in [3.8, 4) is 16.9 Å². The van der Waals surface area contributed by atoms with E-state index >= 15 is 0 Å². The number of nitrogens with zero attached hydrogens (tertiary/aromatic N) is 1. The standard InChI is InChI=1S/C15H13NO3/c17-15(18)11-1-4-14(19-12-2-3-12)13(9-11)10-5-7-16-8-6-10/h1,4-9,12H,2-3H2,(H,17,18). The Morgan fingerprint density at radius 2 is 1.95 bits per heavy atom. The monoisotopic (exact) mass is 255 g/mol. The first-order chi connectivity index (χ1) is 9.24. The molecule has 1 aliphatic carbocycles. The molecule has 1 aromatic carbocycles. The van der Waals surface area contributed by atoms with Gasteiger partial charge in [-0.1, -0.05) is 0 Å². The average Bonchev–Trinajstić information content (AvgIpc) is 3.24. The molecule has 3 rings (SSSR count). The fourth-order valence-electron chi connectivity index (χ4n) is 1.89. The second-order valence-electron chi connectivity index (χ2n) is 4.57. The quantitative estimate of drug-likeness (QED) is 0.912. The molecule has 96 valence electrons. The number of ether oxygens (including phenoxy) is 1. The molecular formula is C15H13NO3. The summed E-state index contributed by atoms with van der Waals surface area (Å²) in [6, 6.07) is 8.65. The van der Waals surface area contributed by atoms with E-state index in [1.807, 2.05) is 12.1 Å². The SMILES string of the molecule is O=C(O)c1ccc(OC2CC2)c(-c2ccncc2)c1. The second-order valence-corrected chi connectivity index (χ2v) is 4.57. The Morgan fingerprint density at radius 1 is 1.21 bits per heavy atom. The zero-order valence-electron chi connectivity index (χ0n) is 10.2. The van der Waals surface area contributed by atoms with Crippen molar-refractivity contribution in [3.05, 3.63) is 48.3 Å². The normalized spacial score (nSPS) is 14.1. The van der Waals surface area contributed by atoms with Crippen molar-refractivity contribution in [2.75, 3.05) is 0 Å². The van der Waals surface area contributed by atoms with Crippen LogP contribution in [0.4, 0.5) is 0 Å². The molecule has 0 radical (unpaired) electrons. The lowest BCUT2D eigenvalue weighted by Gasteiger charge is -2.11. The van der Waals surface area contributed by atoms with Crippen LogP contribution in [0, 0.1) is 0 Å². The van der Waals surface area contributed by atoms with Gasteiger partial charge in [0.2, 0.25) is 0 Å². The molecule has 0 aliphatic heterocycles. The van der Waals surface area contributed by atoms with Crippen LogP contribution in [-0.4, -0.2) is 22.2 Å². The van der Waals surface area contributed by atoms with Crippen molar-refractivity contribution in [2.45, 2.75) is 18.9 Å². The molecule has 1 aromatic heterocycles. The third-order valence-corrected chi connectivity index (χ3v) is 3.04. The largest absolute Gasteiger partial charge is 0.490 e. The summed E-state index contributed by atoms with van der Waals surface area (Å²) in [6.07, 6.45) is 5.77. The van der Waals surface area contributed by atoms with Crippen LogP contribution in [0.1, 0.15) is 23.2 Å². The molecule has 1 saturated carbocycles. The first-order valence-corrected chi connectivity index (χ1v) is 6.18. The summed E-state index contributed by atoms with van der Waals surface area (Å²) in [7, 11) is 0. The molecule has 2 aromatic rings. The molecular weight excluding hydrogens is 242 g/mol. The van der Waals surface area contributed by atoms with Crippen LogP contribution < -0.4 is 4.74 Å². The zero-order valence-corrected chi connectivity index (χ0v) is 10.2. The molecule has 0 unspecified atom stereocenters. The maximum absolute atomic E-state index is 11.1. The van der Waals surface area contributed by atoms with E-state index in [2.05, 4.69) is 4.98 Å². The highest BCUT2D eigenvalue weighted by Gasteiger charge is 2.25. The predicted molar refractivity (Wildman–Crippen MR) is 70.3 cm³/mol. The Balaban J connectivity index is 2.06. The first kappa shape index (κ1) is 11.7. The van der Waals surface area contributed by atoms with Gasteiger partial charge in [0.05, 0.1) is 11.7 Å². The highest BCUT2D eigenvalue weighted by Crippen LogP contribution is 2.35. The van der Waals surface area contributed by atoms with Crippen molar-refractivity contribution in [2.24, 2.45) is 0 Å². The van der Waals surface area contributed by atoms with Crippen LogP contribution in [-0.2, 0) is 0 Å². The molecule has 1 fully saturated rings. The number of carboxylic acid groups (broad SMARTS) is 1. The van der Waals surface area contributed by atoms with Crippen LogP contribution in [0.2, 0.25) is 0 Å². The van der Waals surface area contributed by atoms with E-state index < -0.39 is 5.97 Å². The minimum atomic E-state index is -0.937. The molecule has 1 heterocycles. The lowest BCUT2D eigenvalue weighted by atomic mass is 10.0. The summed E-state index contributed by atoms with van der Waals surface area (Å²) >= 11 is 0. The third-order valence-electron chi connectivity index (χ3n) is 3.04. The Bertz CT molecular complexity index is 606. The number of hydrogen-bond acceptors (Lipinski definition) is 3.